The lowest BCUT2D eigenvalue weighted by Gasteiger charge is -2.12. The predicted molar refractivity (Wildman–Crippen MR) is 126 cm³/mol. The molecule has 0 aliphatic rings. The third-order valence-corrected chi connectivity index (χ3v) is 5.24. The molecule has 1 heterocycles. The van der Waals surface area contributed by atoms with Crippen molar-refractivity contribution < 1.29 is 23.1 Å². The van der Waals surface area contributed by atoms with Crippen molar-refractivity contribution in [2.24, 2.45) is 0 Å². The Balaban J connectivity index is 1.88. The number of carbonyl (C=O) groups is 2. The Morgan fingerprint density at radius 1 is 0.941 bits per heavy atom. The lowest BCUT2D eigenvalue weighted by atomic mass is 10.1. The van der Waals surface area contributed by atoms with Crippen molar-refractivity contribution in [1.82, 2.24) is 4.57 Å². The Morgan fingerprint density at radius 2 is 1.68 bits per heavy atom. The van der Waals surface area contributed by atoms with Gasteiger partial charge >= 0.3 is 5.97 Å². The van der Waals surface area contributed by atoms with Crippen molar-refractivity contribution >= 4 is 17.6 Å². The van der Waals surface area contributed by atoms with Crippen LogP contribution < -0.4 is 5.32 Å². The summed E-state index contributed by atoms with van der Waals surface area (Å²) in [4.78, 5) is 26.0. The van der Waals surface area contributed by atoms with E-state index in [-0.39, 0.29) is 23.6 Å². The average Bonchev–Trinajstić information content (AvgIpc) is 3.17. The molecular weight excluding hydrogens is 438 g/mol. The second kappa shape index (κ2) is 10.1. The highest BCUT2D eigenvalue weighted by Gasteiger charge is 2.26. The molecule has 4 aromatic rings. The SMILES string of the molecule is CCOC(=O)c1c(NC(=O)c2ccccc2F)c(-c2cccc(F)c2)cn1Cc1ccccc1. The Morgan fingerprint density at radius 3 is 2.38 bits per heavy atom. The van der Waals surface area contributed by atoms with Crippen molar-refractivity contribution in [2.75, 3.05) is 11.9 Å². The molecule has 34 heavy (non-hydrogen) atoms. The summed E-state index contributed by atoms with van der Waals surface area (Å²) in [7, 11) is 0. The number of rotatable bonds is 7. The average molecular weight is 460 g/mol. The zero-order valence-electron chi connectivity index (χ0n) is 18.4. The quantitative estimate of drug-likeness (QED) is 0.349. The second-order valence-electron chi connectivity index (χ2n) is 7.54. The monoisotopic (exact) mass is 460 g/mol. The normalized spacial score (nSPS) is 10.7. The van der Waals surface area contributed by atoms with Gasteiger partial charge in [-0.2, -0.15) is 0 Å². The maximum Gasteiger partial charge on any atom is 0.357 e. The molecule has 0 saturated carbocycles. The molecule has 0 unspecified atom stereocenters. The number of carbonyl (C=O) groups excluding carboxylic acids is 2. The molecule has 0 aliphatic heterocycles. The van der Waals surface area contributed by atoms with E-state index >= 15 is 0 Å². The van der Waals surface area contributed by atoms with Crippen LogP contribution in [0.25, 0.3) is 11.1 Å². The summed E-state index contributed by atoms with van der Waals surface area (Å²) < 4.78 is 35.3. The van der Waals surface area contributed by atoms with Gasteiger partial charge in [-0.05, 0) is 42.3 Å². The van der Waals surface area contributed by atoms with Crippen LogP contribution in [-0.4, -0.2) is 23.1 Å². The van der Waals surface area contributed by atoms with Crippen LogP contribution in [0.4, 0.5) is 14.5 Å². The van der Waals surface area contributed by atoms with E-state index in [0.717, 1.165) is 5.56 Å². The van der Waals surface area contributed by atoms with Gasteiger partial charge in [-0.1, -0.05) is 54.6 Å². The number of aromatic nitrogens is 1. The highest BCUT2D eigenvalue weighted by Crippen LogP contribution is 2.35. The lowest BCUT2D eigenvalue weighted by molar-refractivity contribution is 0.0515. The molecule has 172 valence electrons. The molecule has 4 rings (SSSR count). The van der Waals surface area contributed by atoms with Crippen LogP contribution in [0.5, 0.6) is 0 Å². The van der Waals surface area contributed by atoms with Gasteiger partial charge in [-0.15, -0.1) is 0 Å². The van der Waals surface area contributed by atoms with Gasteiger partial charge in [-0.25, -0.2) is 13.6 Å². The van der Waals surface area contributed by atoms with Crippen molar-refractivity contribution in [2.45, 2.75) is 13.5 Å². The fourth-order valence-electron chi connectivity index (χ4n) is 3.71. The summed E-state index contributed by atoms with van der Waals surface area (Å²) >= 11 is 0. The Bertz CT molecular complexity index is 1330. The molecule has 0 spiro atoms. The van der Waals surface area contributed by atoms with Crippen LogP contribution in [0.1, 0.15) is 33.3 Å². The first-order valence-corrected chi connectivity index (χ1v) is 10.7. The van der Waals surface area contributed by atoms with Crippen molar-refractivity contribution in [1.29, 1.82) is 0 Å². The third-order valence-electron chi connectivity index (χ3n) is 5.24. The number of halogens is 2. The first kappa shape index (κ1) is 22.9. The highest BCUT2D eigenvalue weighted by atomic mass is 19.1. The minimum Gasteiger partial charge on any atom is -0.461 e. The summed E-state index contributed by atoms with van der Waals surface area (Å²) in [5, 5.41) is 2.68. The van der Waals surface area contributed by atoms with E-state index in [1.54, 1.807) is 23.8 Å². The fourth-order valence-corrected chi connectivity index (χ4v) is 3.71. The van der Waals surface area contributed by atoms with E-state index in [4.69, 9.17) is 4.74 Å². The minimum absolute atomic E-state index is 0.0784. The zero-order valence-corrected chi connectivity index (χ0v) is 18.4. The van der Waals surface area contributed by atoms with Crippen LogP contribution in [0.15, 0.2) is 85.1 Å². The van der Waals surface area contributed by atoms with Gasteiger partial charge in [0.15, 0.2) is 5.69 Å². The third kappa shape index (κ3) is 4.88. The number of nitrogens with one attached hydrogen (secondary N) is 1. The number of hydrogen-bond donors (Lipinski definition) is 1. The molecule has 0 aliphatic carbocycles. The summed E-state index contributed by atoms with van der Waals surface area (Å²) in [6.07, 6.45) is 1.66. The van der Waals surface area contributed by atoms with Gasteiger partial charge in [-0.3, -0.25) is 4.79 Å². The van der Waals surface area contributed by atoms with E-state index in [1.807, 2.05) is 30.3 Å². The van der Waals surface area contributed by atoms with Gasteiger partial charge < -0.3 is 14.6 Å². The minimum atomic E-state index is -0.737. The molecule has 0 atom stereocenters. The molecule has 3 aromatic carbocycles. The van der Waals surface area contributed by atoms with E-state index < -0.39 is 23.5 Å². The molecule has 1 N–H and O–H groups in total. The van der Waals surface area contributed by atoms with E-state index in [9.17, 15) is 18.4 Å². The molecule has 1 amide bonds. The van der Waals surface area contributed by atoms with Crippen LogP contribution in [0.3, 0.4) is 0 Å². The van der Waals surface area contributed by atoms with Crippen molar-refractivity contribution in [3.63, 3.8) is 0 Å². The number of ether oxygens (including phenoxy) is 1. The standard InChI is InChI=1S/C27H22F2N2O3/c1-2-34-27(33)25-24(30-26(32)21-13-6-7-14-23(21)29)22(19-11-8-12-20(28)15-19)17-31(25)16-18-9-4-3-5-10-18/h3-15,17H,2,16H2,1H3,(H,30,32). The molecule has 0 fully saturated rings. The molecule has 5 nitrogen and oxygen atoms in total. The second-order valence-corrected chi connectivity index (χ2v) is 7.54. The molecule has 1 aromatic heterocycles. The first-order chi connectivity index (χ1) is 16.5. The number of esters is 1. The number of benzene rings is 3. The molecule has 0 bridgehead atoms. The topological polar surface area (TPSA) is 60.3 Å². The largest absolute Gasteiger partial charge is 0.461 e. The molecule has 0 saturated heterocycles. The Labute approximate surface area is 195 Å². The number of hydrogen-bond acceptors (Lipinski definition) is 3. The number of amides is 1. The van der Waals surface area contributed by atoms with Crippen molar-refractivity contribution in [3.8, 4) is 11.1 Å². The smallest absolute Gasteiger partial charge is 0.357 e. The van der Waals surface area contributed by atoms with Gasteiger partial charge in [0, 0.05) is 18.3 Å². The summed E-state index contributed by atoms with van der Waals surface area (Å²) in [6.45, 7) is 2.09. The number of nitrogens with zero attached hydrogens (tertiary/aromatic N) is 1. The van der Waals surface area contributed by atoms with Crippen LogP contribution >= 0.6 is 0 Å². The summed E-state index contributed by atoms with van der Waals surface area (Å²) in [5.41, 5.74) is 1.77. The van der Waals surface area contributed by atoms with E-state index in [0.29, 0.717) is 17.7 Å². The van der Waals surface area contributed by atoms with Crippen LogP contribution in [0.2, 0.25) is 0 Å². The summed E-state index contributed by atoms with van der Waals surface area (Å²) in [5.74, 6) is -2.57. The number of anilines is 1. The van der Waals surface area contributed by atoms with Gasteiger partial charge in [0.25, 0.3) is 5.91 Å². The molecular formula is C27H22F2N2O3. The van der Waals surface area contributed by atoms with Gasteiger partial charge in [0.05, 0.1) is 17.9 Å². The van der Waals surface area contributed by atoms with Crippen molar-refractivity contribution in [3.05, 3.63) is 114 Å². The fraction of sp³-hybridized carbons (Fsp3) is 0.111. The maximum absolute atomic E-state index is 14.3. The Hall–Kier alpha value is -4.26. The first-order valence-electron chi connectivity index (χ1n) is 10.7. The van der Waals surface area contributed by atoms with Gasteiger partial charge in [0.1, 0.15) is 11.6 Å². The van der Waals surface area contributed by atoms with E-state index in [1.165, 1.54) is 42.5 Å². The Kier molecular flexibility index (Phi) is 6.82. The zero-order chi connectivity index (χ0) is 24.1. The van der Waals surface area contributed by atoms with Gasteiger partial charge in [0.2, 0.25) is 0 Å². The molecule has 0 radical (unpaired) electrons. The van der Waals surface area contributed by atoms with Crippen LogP contribution in [0, 0.1) is 11.6 Å². The maximum atomic E-state index is 14.3. The highest BCUT2D eigenvalue weighted by molar-refractivity contribution is 6.11. The lowest BCUT2D eigenvalue weighted by Crippen LogP contribution is -2.19. The summed E-state index contributed by atoms with van der Waals surface area (Å²) in [6, 6.07) is 20.8. The predicted octanol–water partition coefficient (Wildman–Crippen LogP) is 5.91. The van der Waals surface area contributed by atoms with E-state index in [2.05, 4.69) is 5.32 Å². The molecule has 7 heteroatoms. The van der Waals surface area contributed by atoms with Crippen LogP contribution in [-0.2, 0) is 11.3 Å².